The van der Waals surface area contributed by atoms with Crippen molar-refractivity contribution in [2.24, 2.45) is 0 Å². The molecular weight excluding hydrogens is 254 g/mol. The maximum atomic E-state index is 12.2. The van der Waals surface area contributed by atoms with E-state index in [9.17, 15) is 4.79 Å². The molecule has 0 aliphatic heterocycles. The van der Waals surface area contributed by atoms with E-state index in [0.29, 0.717) is 5.75 Å². The Morgan fingerprint density at radius 3 is 2.89 bits per heavy atom. The summed E-state index contributed by atoms with van der Waals surface area (Å²) < 4.78 is 0. The topological polar surface area (TPSA) is 30.0 Å². The maximum absolute atomic E-state index is 12.2. The van der Waals surface area contributed by atoms with Crippen LogP contribution >= 0.6 is 11.8 Å². The Kier molecular flexibility index (Phi) is 3.65. The van der Waals surface area contributed by atoms with Crippen LogP contribution in [0.4, 0.5) is 0 Å². The Labute approximate surface area is 117 Å². The molecular formula is C16H15NOS. The molecule has 0 bridgehead atoms. The van der Waals surface area contributed by atoms with Gasteiger partial charge in [0.15, 0.2) is 5.78 Å². The molecule has 0 unspecified atom stereocenters. The molecule has 96 valence electrons. The van der Waals surface area contributed by atoms with Crippen molar-refractivity contribution < 1.29 is 4.79 Å². The van der Waals surface area contributed by atoms with E-state index in [-0.39, 0.29) is 5.78 Å². The third kappa shape index (κ3) is 2.87. The van der Waals surface area contributed by atoms with Gasteiger partial charge in [-0.15, -0.1) is 0 Å². The summed E-state index contributed by atoms with van der Waals surface area (Å²) in [5.41, 5.74) is 3.60. The molecule has 0 amide bonds. The number of aromatic nitrogens is 1. The second-order valence-electron chi connectivity index (χ2n) is 4.72. The summed E-state index contributed by atoms with van der Waals surface area (Å²) in [5, 5.41) is 0.900. The van der Waals surface area contributed by atoms with Crippen molar-refractivity contribution in [3.63, 3.8) is 0 Å². The molecule has 0 fully saturated rings. The molecule has 0 N–H and O–H groups in total. The average Bonchev–Trinajstić information content (AvgIpc) is 2.93. The summed E-state index contributed by atoms with van der Waals surface area (Å²) in [6.45, 7) is 0. The predicted octanol–water partition coefficient (Wildman–Crippen LogP) is 3.55. The first-order valence-electron chi connectivity index (χ1n) is 6.52. The lowest BCUT2D eigenvalue weighted by atomic mass is 10.0. The number of pyridine rings is 1. The number of thioether (sulfide) groups is 1. The number of benzene rings is 1. The Hall–Kier alpha value is -1.61. The van der Waals surface area contributed by atoms with Crippen molar-refractivity contribution in [3.8, 4) is 0 Å². The molecule has 0 spiro atoms. The first kappa shape index (κ1) is 12.4. The number of Topliss-reactive ketones (excluding diaryl/α,β-unsaturated/α-hetero) is 1. The van der Waals surface area contributed by atoms with Gasteiger partial charge < -0.3 is 0 Å². The molecule has 0 atom stereocenters. The molecule has 3 rings (SSSR count). The monoisotopic (exact) mass is 269 g/mol. The van der Waals surface area contributed by atoms with E-state index in [1.54, 1.807) is 6.20 Å². The Morgan fingerprint density at radius 1 is 1.16 bits per heavy atom. The van der Waals surface area contributed by atoms with Crippen molar-refractivity contribution in [1.82, 2.24) is 4.98 Å². The van der Waals surface area contributed by atoms with Gasteiger partial charge in [0.05, 0.1) is 10.8 Å². The lowest BCUT2D eigenvalue weighted by Crippen LogP contribution is -2.03. The number of carbonyl (C=O) groups excluding carboxylic acids is 1. The molecule has 1 aliphatic rings. The van der Waals surface area contributed by atoms with Gasteiger partial charge in [-0.2, -0.15) is 0 Å². The maximum Gasteiger partial charge on any atom is 0.173 e. The Bertz CT molecular complexity index is 595. The Morgan fingerprint density at radius 2 is 2.05 bits per heavy atom. The van der Waals surface area contributed by atoms with Crippen molar-refractivity contribution >= 4 is 17.5 Å². The van der Waals surface area contributed by atoms with Gasteiger partial charge in [0.2, 0.25) is 0 Å². The van der Waals surface area contributed by atoms with Gasteiger partial charge in [0, 0.05) is 11.8 Å². The van der Waals surface area contributed by atoms with Crippen molar-refractivity contribution in [2.45, 2.75) is 24.3 Å². The number of rotatable bonds is 4. The zero-order chi connectivity index (χ0) is 13.1. The van der Waals surface area contributed by atoms with Crippen molar-refractivity contribution in [3.05, 3.63) is 59.3 Å². The number of hydrogen-bond donors (Lipinski definition) is 0. The van der Waals surface area contributed by atoms with Crippen molar-refractivity contribution in [1.29, 1.82) is 0 Å². The molecule has 0 radical (unpaired) electrons. The molecule has 2 aromatic rings. The minimum absolute atomic E-state index is 0.186. The third-order valence-electron chi connectivity index (χ3n) is 3.41. The fraction of sp³-hybridized carbons (Fsp3) is 0.250. The zero-order valence-corrected chi connectivity index (χ0v) is 11.5. The van der Waals surface area contributed by atoms with Crippen LogP contribution in [0.1, 0.15) is 27.9 Å². The van der Waals surface area contributed by atoms with E-state index in [2.05, 4.69) is 17.1 Å². The minimum Gasteiger partial charge on any atom is -0.293 e. The van der Waals surface area contributed by atoms with Crippen LogP contribution in [-0.4, -0.2) is 16.5 Å². The van der Waals surface area contributed by atoms with Crippen LogP contribution in [0, 0.1) is 0 Å². The molecule has 3 heteroatoms. The molecule has 1 aliphatic carbocycles. The van der Waals surface area contributed by atoms with Crippen molar-refractivity contribution in [2.75, 3.05) is 5.75 Å². The highest BCUT2D eigenvalue weighted by Crippen LogP contribution is 2.24. The number of ketones is 1. The smallest absolute Gasteiger partial charge is 0.173 e. The van der Waals surface area contributed by atoms with Crippen LogP contribution in [0.25, 0.3) is 0 Å². The van der Waals surface area contributed by atoms with Crippen LogP contribution < -0.4 is 0 Å². The number of carbonyl (C=O) groups is 1. The molecule has 0 saturated heterocycles. The average molecular weight is 269 g/mol. The molecule has 2 nitrogen and oxygen atoms in total. The van der Waals surface area contributed by atoms with E-state index in [1.807, 2.05) is 24.3 Å². The SMILES string of the molecule is O=C(CSc1ccccn1)c1ccc2c(c1)CCC2. The van der Waals surface area contributed by atoms with Gasteiger partial charge in [-0.05, 0) is 48.6 Å². The van der Waals surface area contributed by atoms with Crippen LogP contribution in [0.15, 0.2) is 47.6 Å². The lowest BCUT2D eigenvalue weighted by molar-refractivity contribution is 0.102. The predicted molar refractivity (Wildman–Crippen MR) is 77.8 cm³/mol. The minimum atomic E-state index is 0.186. The second-order valence-corrected chi connectivity index (χ2v) is 5.71. The van der Waals surface area contributed by atoms with Gasteiger partial charge in [-0.1, -0.05) is 30.0 Å². The summed E-state index contributed by atoms with van der Waals surface area (Å²) in [5.74, 6) is 0.640. The highest BCUT2D eigenvalue weighted by molar-refractivity contribution is 7.99. The lowest BCUT2D eigenvalue weighted by Gasteiger charge is -2.04. The largest absolute Gasteiger partial charge is 0.293 e. The van der Waals surface area contributed by atoms with E-state index >= 15 is 0 Å². The van der Waals surface area contributed by atoms with Crippen LogP contribution in [0.2, 0.25) is 0 Å². The van der Waals surface area contributed by atoms with Gasteiger partial charge in [-0.25, -0.2) is 4.98 Å². The summed E-state index contributed by atoms with van der Waals surface area (Å²) in [6.07, 6.45) is 5.24. The van der Waals surface area contributed by atoms with E-state index in [1.165, 1.54) is 29.3 Å². The number of hydrogen-bond acceptors (Lipinski definition) is 3. The first-order chi connectivity index (χ1) is 9.33. The third-order valence-corrected chi connectivity index (χ3v) is 4.35. The van der Waals surface area contributed by atoms with Crippen LogP contribution in [0.3, 0.4) is 0 Å². The van der Waals surface area contributed by atoms with Crippen LogP contribution in [-0.2, 0) is 12.8 Å². The molecule has 1 aromatic heterocycles. The van der Waals surface area contributed by atoms with Gasteiger partial charge in [0.1, 0.15) is 0 Å². The summed E-state index contributed by atoms with van der Waals surface area (Å²) >= 11 is 1.50. The van der Waals surface area contributed by atoms with E-state index < -0.39 is 0 Å². The number of aryl methyl sites for hydroxylation is 2. The van der Waals surface area contributed by atoms with Crippen LogP contribution in [0.5, 0.6) is 0 Å². The first-order valence-corrected chi connectivity index (χ1v) is 7.50. The van der Waals surface area contributed by atoms with Gasteiger partial charge in [-0.3, -0.25) is 4.79 Å². The second kappa shape index (κ2) is 5.57. The molecule has 1 aromatic carbocycles. The molecule has 1 heterocycles. The summed E-state index contributed by atoms with van der Waals surface area (Å²) in [7, 11) is 0. The van der Waals surface area contributed by atoms with E-state index in [4.69, 9.17) is 0 Å². The number of fused-ring (bicyclic) bond motifs is 1. The fourth-order valence-corrected chi connectivity index (χ4v) is 3.16. The fourth-order valence-electron chi connectivity index (χ4n) is 2.40. The highest BCUT2D eigenvalue weighted by Gasteiger charge is 2.14. The summed E-state index contributed by atoms with van der Waals surface area (Å²) in [6, 6.07) is 11.9. The number of nitrogens with zero attached hydrogens (tertiary/aromatic N) is 1. The Balaban J connectivity index is 1.67. The normalized spacial score (nSPS) is 13.3. The van der Waals surface area contributed by atoms with Gasteiger partial charge >= 0.3 is 0 Å². The molecule has 0 saturated carbocycles. The standard InChI is InChI=1S/C16H15NOS/c18-15(11-19-16-6-1-2-9-17-16)14-8-7-12-4-3-5-13(12)10-14/h1-2,6-10H,3-5,11H2. The highest BCUT2D eigenvalue weighted by atomic mass is 32.2. The zero-order valence-electron chi connectivity index (χ0n) is 10.6. The molecule has 19 heavy (non-hydrogen) atoms. The van der Waals surface area contributed by atoms with E-state index in [0.717, 1.165) is 23.4 Å². The quantitative estimate of drug-likeness (QED) is 0.628. The summed E-state index contributed by atoms with van der Waals surface area (Å²) in [4.78, 5) is 16.4. The van der Waals surface area contributed by atoms with Gasteiger partial charge in [0.25, 0.3) is 0 Å².